The molecule has 0 atom stereocenters. The van der Waals surface area contributed by atoms with Crippen molar-refractivity contribution in [1.82, 2.24) is 4.31 Å². The van der Waals surface area contributed by atoms with Crippen molar-refractivity contribution in [2.75, 3.05) is 13.1 Å². The lowest BCUT2D eigenvalue weighted by atomic mass is 10.4. The number of carboxylic acids is 1. The van der Waals surface area contributed by atoms with E-state index < -0.39 is 28.3 Å². The first-order valence-electron chi connectivity index (χ1n) is 4.99. The van der Waals surface area contributed by atoms with Gasteiger partial charge in [-0.1, -0.05) is 5.92 Å². The third kappa shape index (κ3) is 2.94. The summed E-state index contributed by atoms with van der Waals surface area (Å²) in [4.78, 5) is 10.4. The maximum absolute atomic E-state index is 12.2. The molecule has 0 spiro atoms. The van der Waals surface area contributed by atoms with E-state index in [0.717, 1.165) is 10.4 Å². The fraction of sp³-hybridized carbons (Fsp3) is 0.273. The largest absolute Gasteiger partial charge is 0.475 e. The minimum Gasteiger partial charge on any atom is -0.475 e. The number of nitrogens with zero attached hydrogens (tertiary/aromatic N) is 2. The smallest absolute Gasteiger partial charge is 0.371 e. The molecule has 19 heavy (non-hydrogen) atoms. The lowest BCUT2D eigenvalue weighted by Crippen LogP contribution is -2.32. The molecule has 0 aliphatic carbocycles. The van der Waals surface area contributed by atoms with Crippen LogP contribution in [-0.2, 0) is 10.0 Å². The lowest BCUT2D eigenvalue weighted by molar-refractivity contribution is 0.0661. The number of hydrogen-bond acceptors (Lipinski definition) is 5. The SMILES string of the molecule is C#CCN(CC#N)S(=O)(=O)c1cc(C(=O)O)oc1C. The molecule has 0 saturated heterocycles. The fourth-order valence-corrected chi connectivity index (χ4v) is 2.78. The Morgan fingerprint density at radius 1 is 1.58 bits per heavy atom. The Bertz CT molecular complexity index is 659. The number of carboxylic acid groups (broad SMARTS) is 1. The van der Waals surface area contributed by atoms with Crippen molar-refractivity contribution in [2.45, 2.75) is 11.8 Å². The number of carbonyl (C=O) groups is 1. The molecule has 100 valence electrons. The van der Waals surface area contributed by atoms with Gasteiger partial charge in [-0.2, -0.15) is 9.57 Å². The first-order valence-corrected chi connectivity index (χ1v) is 6.43. The molecule has 0 amide bonds. The molecule has 1 aromatic heterocycles. The van der Waals surface area contributed by atoms with E-state index in [1.54, 1.807) is 6.07 Å². The van der Waals surface area contributed by atoms with Gasteiger partial charge in [0.25, 0.3) is 0 Å². The molecule has 0 fully saturated rings. The first kappa shape index (κ1) is 14.8. The van der Waals surface area contributed by atoms with Gasteiger partial charge in [0.1, 0.15) is 17.2 Å². The van der Waals surface area contributed by atoms with Gasteiger partial charge in [-0.3, -0.25) is 0 Å². The van der Waals surface area contributed by atoms with Gasteiger partial charge in [0.2, 0.25) is 15.8 Å². The number of terminal acetylenes is 1. The molecule has 0 aliphatic heterocycles. The van der Waals surface area contributed by atoms with E-state index >= 15 is 0 Å². The molecule has 7 nitrogen and oxygen atoms in total. The van der Waals surface area contributed by atoms with Crippen LogP contribution in [0.3, 0.4) is 0 Å². The fourth-order valence-electron chi connectivity index (χ4n) is 1.37. The molecular weight excluding hydrogens is 272 g/mol. The van der Waals surface area contributed by atoms with E-state index in [2.05, 4.69) is 5.92 Å². The summed E-state index contributed by atoms with van der Waals surface area (Å²) in [5, 5.41) is 17.3. The summed E-state index contributed by atoms with van der Waals surface area (Å²) >= 11 is 0. The Balaban J connectivity index is 3.30. The molecule has 0 aromatic carbocycles. The van der Waals surface area contributed by atoms with Gasteiger partial charge in [0, 0.05) is 6.07 Å². The van der Waals surface area contributed by atoms with Crippen molar-refractivity contribution in [3.05, 3.63) is 17.6 Å². The summed E-state index contributed by atoms with van der Waals surface area (Å²) in [6, 6.07) is 2.58. The summed E-state index contributed by atoms with van der Waals surface area (Å²) in [6.07, 6.45) is 5.04. The normalized spacial score (nSPS) is 10.9. The van der Waals surface area contributed by atoms with Crippen LogP contribution in [-0.4, -0.2) is 36.9 Å². The number of rotatable bonds is 5. The van der Waals surface area contributed by atoms with Crippen LogP contribution in [0.15, 0.2) is 15.4 Å². The standard InChI is InChI=1S/C11H10N2O5S/c1-3-5-13(6-4-12)19(16,17)10-7-9(11(14)15)18-8(10)2/h1,7H,5-6H2,2H3,(H,14,15). The quantitative estimate of drug-likeness (QED) is 0.619. The van der Waals surface area contributed by atoms with Gasteiger partial charge in [0.15, 0.2) is 0 Å². The third-order valence-electron chi connectivity index (χ3n) is 2.22. The summed E-state index contributed by atoms with van der Waals surface area (Å²) in [6.45, 7) is 0.599. The average molecular weight is 282 g/mol. The Hall–Kier alpha value is -2.29. The molecule has 1 rings (SSSR count). The van der Waals surface area contributed by atoms with Crippen LogP contribution in [0.25, 0.3) is 0 Å². The minimum atomic E-state index is -4.06. The van der Waals surface area contributed by atoms with E-state index in [4.69, 9.17) is 21.2 Å². The maximum Gasteiger partial charge on any atom is 0.371 e. The van der Waals surface area contributed by atoms with Crippen LogP contribution in [0, 0.1) is 30.6 Å². The summed E-state index contributed by atoms with van der Waals surface area (Å²) < 4.78 is 30.0. The maximum atomic E-state index is 12.2. The monoisotopic (exact) mass is 282 g/mol. The number of furan rings is 1. The van der Waals surface area contributed by atoms with E-state index in [1.807, 2.05) is 0 Å². The van der Waals surface area contributed by atoms with Gasteiger partial charge in [-0.05, 0) is 6.92 Å². The predicted octanol–water partition coefficient (Wildman–Crippen LogP) is 0.434. The number of nitriles is 1. The molecule has 8 heteroatoms. The highest BCUT2D eigenvalue weighted by Gasteiger charge is 2.29. The van der Waals surface area contributed by atoms with Gasteiger partial charge >= 0.3 is 5.97 Å². The molecule has 0 bridgehead atoms. The van der Waals surface area contributed by atoms with Crippen LogP contribution in [0.1, 0.15) is 16.3 Å². The second kappa shape index (κ2) is 5.57. The molecule has 0 aliphatic rings. The summed E-state index contributed by atoms with van der Waals surface area (Å²) in [5.74, 6) is 0.181. The highest BCUT2D eigenvalue weighted by atomic mass is 32.2. The highest BCUT2D eigenvalue weighted by molar-refractivity contribution is 7.89. The number of hydrogen-bond donors (Lipinski definition) is 1. The van der Waals surface area contributed by atoms with Gasteiger partial charge in [-0.25, -0.2) is 13.2 Å². The second-order valence-corrected chi connectivity index (χ2v) is 5.38. The zero-order valence-electron chi connectivity index (χ0n) is 9.95. The van der Waals surface area contributed by atoms with E-state index in [0.29, 0.717) is 0 Å². The molecule has 1 heterocycles. The Labute approximate surface area is 110 Å². The molecule has 0 unspecified atom stereocenters. The predicted molar refractivity (Wildman–Crippen MR) is 63.6 cm³/mol. The molecule has 1 N–H and O–H groups in total. The van der Waals surface area contributed by atoms with Crippen LogP contribution < -0.4 is 0 Å². The van der Waals surface area contributed by atoms with Crippen molar-refractivity contribution in [1.29, 1.82) is 5.26 Å². The zero-order chi connectivity index (χ0) is 14.6. The lowest BCUT2D eigenvalue weighted by Gasteiger charge is -2.15. The van der Waals surface area contributed by atoms with E-state index in [1.165, 1.54) is 6.92 Å². The zero-order valence-corrected chi connectivity index (χ0v) is 10.8. The topological polar surface area (TPSA) is 112 Å². The molecular formula is C11H10N2O5S. The Morgan fingerprint density at radius 2 is 2.21 bits per heavy atom. The van der Waals surface area contributed by atoms with Crippen molar-refractivity contribution in [3.63, 3.8) is 0 Å². The summed E-state index contributed by atoms with van der Waals surface area (Å²) in [5.41, 5.74) is 0. The van der Waals surface area contributed by atoms with Crippen molar-refractivity contribution in [3.8, 4) is 18.4 Å². The Kier molecular flexibility index (Phi) is 4.33. The van der Waals surface area contributed by atoms with Crippen LogP contribution in [0.2, 0.25) is 0 Å². The molecule has 0 saturated carbocycles. The average Bonchev–Trinajstić information content (AvgIpc) is 2.72. The number of aryl methyl sites for hydroxylation is 1. The minimum absolute atomic E-state index is 0.0719. The summed E-state index contributed by atoms with van der Waals surface area (Å²) in [7, 11) is -4.06. The second-order valence-electron chi connectivity index (χ2n) is 3.47. The number of sulfonamides is 1. The molecule has 1 aromatic rings. The van der Waals surface area contributed by atoms with E-state index in [9.17, 15) is 13.2 Å². The van der Waals surface area contributed by atoms with Crippen LogP contribution in [0.5, 0.6) is 0 Å². The van der Waals surface area contributed by atoms with Crippen molar-refractivity contribution >= 4 is 16.0 Å². The van der Waals surface area contributed by atoms with Gasteiger partial charge in [-0.15, -0.1) is 6.42 Å². The van der Waals surface area contributed by atoms with Crippen molar-refractivity contribution in [2.24, 2.45) is 0 Å². The molecule has 0 radical (unpaired) electrons. The van der Waals surface area contributed by atoms with Gasteiger partial charge < -0.3 is 9.52 Å². The Morgan fingerprint density at radius 3 is 2.63 bits per heavy atom. The van der Waals surface area contributed by atoms with Crippen LogP contribution >= 0.6 is 0 Å². The van der Waals surface area contributed by atoms with Gasteiger partial charge in [0.05, 0.1) is 12.6 Å². The van der Waals surface area contributed by atoms with Crippen molar-refractivity contribution < 1.29 is 22.7 Å². The van der Waals surface area contributed by atoms with Crippen LogP contribution in [0.4, 0.5) is 0 Å². The van der Waals surface area contributed by atoms with E-state index in [-0.39, 0.29) is 17.2 Å². The first-order chi connectivity index (χ1) is 8.84. The highest BCUT2D eigenvalue weighted by Crippen LogP contribution is 2.23. The third-order valence-corrected chi connectivity index (χ3v) is 4.11. The number of aromatic carboxylic acids is 1.